The molecular formula is C30H36N2O4. The van der Waals surface area contributed by atoms with E-state index < -0.39 is 6.04 Å². The highest BCUT2D eigenvalue weighted by molar-refractivity contribution is 5.95. The zero-order valence-corrected chi connectivity index (χ0v) is 21.1. The molecule has 2 unspecified atom stereocenters. The molecule has 0 spiro atoms. The molecule has 6 nitrogen and oxygen atoms in total. The van der Waals surface area contributed by atoms with E-state index in [0.717, 1.165) is 30.4 Å². The maximum atomic E-state index is 12.5. The third-order valence-electron chi connectivity index (χ3n) is 5.35. The molecule has 36 heavy (non-hydrogen) atoms. The van der Waals surface area contributed by atoms with E-state index in [9.17, 15) is 9.59 Å². The van der Waals surface area contributed by atoms with Crippen LogP contribution in [0.5, 0.6) is 11.5 Å². The number of carbonyl (C=O) groups is 2. The van der Waals surface area contributed by atoms with Crippen LogP contribution < -0.4 is 15.4 Å². The highest BCUT2D eigenvalue weighted by Crippen LogP contribution is 2.22. The molecule has 0 bridgehead atoms. The fourth-order valence-electron chi connectivity index (χ4n) is 3.15. The summed E-state index contributed by atoms with van der Waals surface area (Å²) in [6.45, 7) is 6.29. The zero-order chi connectivity index (χ0) is 26.0. The number of amides is 1. The molecule has 3 rings (SSSR count). The molecule has 0 saturated heterocycles. The lowest BCUT2D eigenvalue weighted by Gasteiger charge is -2.16. The highest BCUT2D eigenvalue weighted by Gasteiger charge is 2.16. The van der Waals surface area contributed by atoms with Crippen molar-refractivity contribution in [2.75, 3.05) is 19.0 Å². The number of nitrogens with one attached hydrogen (secondary N) is 2. The molecule has 0 aromatic heterocycles. The maximum absolute atomic E-state index is 12.5. The number of hydrogen-bond donors (Lipinski definition) is 2. The summed E-state index contributed by atoms with van der Waals surface area (Å²) in [6, 6.07) is 26.3. The first-order valence-corrected chi connectivity index (χ1v) is 12.1. The fourth-order valence-corrected chi connectivity index (χ4v) is 3.15. The SMILES string of the molecule is C=CCC(C=O)CC.CNC(COCc1ccccc1)C(=O)Nc1ccc(Oc2ccccc2)cc1. The molecule has 6 heteroatoms. The monoisotopic (exact) mass is 488 g/mol. The molecule has 3 aromatic carbocycles. The van der Waals surface area contributed by atoms with Crippen molar-refractivity contribution in [1.29, 1.82) is 0 Å². The third-order valence-corrected chi connectivity index (χ3v) is 5.35. The van der Waals surface area contributed by atoms with Crippen molar-refractivity contribution in [1.82, 2.24) is 5.32 Å². The summed E-state index contributed by atoms with van der Waals surface area (Å²) in [7, 11) is 1.74. The molecule has 190 valence electrons. The number of rotatable bonds is 13. The number of allylic oxidation sites excluding steroid dienone is 1. The summed E-state index contributed by atoms with van der Waals surface area (Å²) >= 11 is 0. The van der Waals surface area contributed by atoms with Gasteiger partial charge in [0.15, 0.2) is 0 Å². The van der Waals surface area contributed by atoms with Crippen molar-refractivity contribution in [2.45, 2.75) is 32.4 Å². The first kappa shape index (κ1) is 28.5. The van der Waals surface area contributed by atoms with Gasteiger partial charge in [-0.3, -0.25) is 4.79 Å². The molecule has 0 saturated carbocycles. The number of benzene rings is 3. The quantitative estimate of drug-likeness (QED) is 0.228. The summed E-state index contributed by atoms with van der Waals surface area (Å²) in [4.78, 5) is 22.6. The van der Waals surface area contributed by atoms with Crippen molar-refractivity contribution in [3.8, 4) is 11.5 Å². The molecule has 0 radical (unpaired) electrons. The molecule has 1 amide bonds. The molecule has 0 heterocycles. The molecule has 0 aliphatic carbocycles. The number of anilines is 1. The number of ether oxygens (including phenoxy) is 2. The van der Waals surface area contributed by atoms with Crippen LogP contribution in [-0.2, 0) is 20.9 Å². The van der Waals surface area contributed by atoms with Gasteiger partial charge < -0.3 is 24.9 Å². The lowest BCUT2D eigenvalue weighted by Crippen LogP contribution is -2.42. The van der Waals surface area contributed by atoms with Gasteiger partial charge in [0.1, 0.15) is 23.8 Å². The minimum absolute atomic E-state index is 0.146. The lowest BCUT2D eigenvalue weighted by atomic mass is 10.1. The van der Waals surface area contributed by atoms with Crippen molar-refractivity contribution in [3.05, 3.63) is 103 Å². The Bertz CT molecular complexity index is 1020. The van der Waals surface area contributed by atoms with E-state index in [4.69, 9.17) is 9.47 Å². The van der Waals surface area contributed by atoms with E-state index in [-0.39, 0.29) is 18.4 Å². The Balaban J connectivity index is 0.000000493. The summed E-state index contributed by atoms with van der Waals surface area (Å²) in [5, 5.41) is 5.89. The van der Waals surface area contributed by atoms with Crippen molar-refractivity contribution in [3.63, 3.8) is 0 Å². The Morgan fingerprint density at radius 2 is 1.56 bits per heavy atom. The van der Waals surface area contributed by atoms with E-state index in [1.807, 2.05) is 91.9 Å². The summed E-state index contributed by atoms with van der Waals surface area (Å²) in [6.07, 6.45) is 4.51. The van der Waals surface area contributed by atoms with Crippen molar-refractivity contribution >= 4 is 17.9 Å². The van der Waals surface area contributed by atoms with Crippen LogP contribution >= 0.6 is 0 Å². The largest absolute Gasteiger partial charge is 0.457 e. The van der Waals surface area contributed by atoms with Crippen LogP contribution in [0.1, 0.15) is 25.3 Å². The zero-order valence-electron chi connectivity index (χ0n) is 21.1. The molecule has 0 aliphatic heterocycles. The smallest absolute Gasteiger partial charge is 0.243 e. The Morgan fingerprint density at radius 3 is 2.08 bits per heavy atom. The van der Waals surface area contributed by atoms with Crippen LogP contribution in [-0.4, -0.2) is 31.9 Å². The molecule has 0 fully saturated rings. The molecule has 2 atom stereocenters. The van der Waals surface area contributed by atoms with Crippen LogP contribution in [0.3, 0.4) is 0 Å². The summed E-state index contributed by atoms with van der Waals surface area (Å²) < 4.78 is 11.4. The van der Waals surface area contributed by atoms with Gasteiger partial charge in [0.2, 0.25) is 5.91 Å². The van der Waals surface area contributed by atoms with Crippen LogP contribution in [0.15, 0.2) is 97.6 Å². The van der Waals surface area contributed by atoms with Gasteiger partial charge in [0.05, 0.1) is 13.2 Å². The second kappa shape index (κ2) is 16.8. The van der Waals surface area contributed by atoms with Gasteiger partial charge in [-0.05, 0) is 61.9 Å². The number of carbonyl (C=O) groups excluding carboxylic acids is 2. The molecule has 3 aromatic rings. The van der Waals surface area contributed by atoms with Gasteiger partial charge >= 0.3 is 0 Å². The minimum atomic E-state index is -0.441. The third kappa shape index (κ3) is 10.7. The van der Waals surface area contributed by atoms with E-state index in [0.29, 0.717) is 18.0 Å². The second-order valence-corrected chi connectivity index (χ2v) is 8.10. The van der Waals surface area contributed by atoms with Gasteiger partial charge in [-0.1, -0.05) is 61.5 Å². The Morgan fingerprint density at radius 1 is 0.944 bits per heavy atom. The predicted octanol–water partition coefficient (Wildman–Crippen LogP) is 6.01. The van der Waals surface area contributed by atoms with Crippen LogP contribution in [0.4, 0.5) is 5.69 Å². The minimum Gasteiger partial charge on any atom is -0.457 e. The summed E-state index contributed by atoms with van der Waals surface area (Å²) in [5.41, 5.74) is 1.78. The van der Waals surface area contributed by atoms with E-state index >= 15 is 0 Å². The lowest BCUT2D eigenvalue weighted by molar-refractivity contribution is -0.119. The van der Waals surface area contributed by atoms with Crippen LogP contribution in [0.25, 0.3) is 0 Å². The standard InChI is InChI=1S/C23H24N2O3.C7H12O/c1-24-22(17-27-16-18-8-4-2-5-9-18)23(26)25-19-12-14-21(15-13-19)28-20-10-6-3-7-11-20;1-3-5-7(4-2)6-8/h2-15,22,24H,16-17H2,1H3,(H,25,26);3,6-7H,1,4-5H2,2H3. The van der Waals surface area contributed by atoms with Crippen molar-refractivity contribution in [2.24, 2.45) is 5.92 Å². The first-order valence-electron chi connectivity index (χ1n) is 12.1. The topological polar surface area (TPSA) is 76.7 Å². The van der Waals surface area contributed by atoms with E-state index in [1.54, 1.807) is 13.1 Å². The maximum Gasteiger partial charge on any atom is 0.243 e. The Labute approximate surface area is 214 Å². The normalized spacial score (nSPS) is 11.8. The molecule has 0 aliphatic rings. The van der Waals surface area contributed by atoms with Gasteiger partial charge in [-0.2, -0.15) is 0 Å². The number of hydrogen-bond acceptors (Lipinski definition) is 5. The first-order chi connectivity index (χ1) is 17.6. The molecule has 2 N–H and O–H groups in total. The number of aldehydes is 1. The van der Waals surface area contributed by atoms with Gasteiger partial charge in [0.25, 0.3) is 0 Å². The fraction of sp³-hybridized carbons (Fsp3) is 0.267. The van der Waals surface area contributed by atoms with E-state index in [1.165, 1.54) is 0 Å². The average molecular weight is 489 g/mol. The van der Waals surface area contributed by atoms with E-state index in [2.05, 4.69) is 17.2 Å². The van der Waals surface area contributed by atoms with Crippen LogP contribution in [0.2, 0.25) is 0 Å². The van der Waals surface area contributed by atoms with Gasteiger partial charge in [0, 0.05) is 11.6 Å². The van der Waals surface area contributed by atoms with Gasteiger partial charge in [-0.15, -0.1) is 6.58 Å². The number of para-hydroxylation sites is 1. The Kier molecular flexibility index (Phi) is 13.3. The second-order valence-electron chi connectivity index (χ2n) is 8.10. The van der Waals surface area contributed by atoms with Crippen molar-refractivity contribution < 1.29 is 19.1 Å². The highest BCUT2D eigenvalue weighted by atomic mass is 16.5. The number of likely N-dealkylation sites (N-methyl/N-ethyl adjacent to an activating group) is 1. The predicted molar refractivity (Wildman–Crippen MR) is 145 cm³/mol. The average Bonchev–Trinajstić information content (AvgIpc) is 2.92. The Hall–Kier alpha value is -3.74. The summed E-state index contributed by atoms with van der Waals surface area (Å²) in [5.74, 6) is 1.53. The van der Waals surface area contributed by atoms with Crippen LogP contribution in [0, 0.1) is 5.92 Å². The molecular weight excluding hydrogens is 452 g/mol. The van der Waals surface area contributed by atoms with Gasteiger partial charge in [-0.25, -0.2) is 0 Å².